The Hall–Kier alpha value is -4.33. The van der Waals surface area contributed by atoms with Crippen LogP contribution in [-0.2, 0) is 7.05 Å². The topological polar surface area (TPSA) is 88.1 Å². The Morgan fingerprint density at radius 3 is 2.62 bits per heavy atom. The number of hydrogen-bond donors (Lipinski definition) is 2. The highest BCUT2D eigenvalue weighted by Crippen LogP contribution is 2.34. The molecule has 8 heteroatoms. The van der Waals surface area contributed by atoms with E-state index in [2.05, 4.69) is 30.2 Å². The first-order valence-corrected chi connectivity index (χ1v) is 10.1. The Bertz CT molecular complexity index is 1600. The monoisotopic (exact) mass is 423 g/mol. The summed E-state index contributed by atoms with van der Waals surface area (Å²) in [4.78, 5) is 12.3. The van der Waals surface area contributed by atoms with E-state index in [1.54, 1.807) is 29.5 Å². The number of aromatic nitrogens is 7. The SMILES string of the molecule is Cc1cc(F)cc(-c2cncc3[nH]c(-c4n[nH]c5cnc(-c6cnn(C)c6)cc45)cc23)c1. The van der Waals surface area contributed by atoms with Crippen molar-refractivity contribution in [1.82, 2.24) is 34.9 Å². The number of nitrogens with zero attached hydrogens (tertiary/aromatic N) is 5. The average molecular weight is 423 g/mol. The lowest BCUT2D eigenvalue weighted by Gasteiger charge is -2.05. The summed E-state index contributed by atoms with van der Waals surface area (Å²) in [6.07, 6.45) is 9.03. The van der Waals surface area contributed by atoms with Crippen molar-refractivity contribution in [3.8, 4) is 33.8 Å². The van der Waals surface area contributed by atoms with E-state index in [-0.39, 0.29) is 5.82 Å². The Balaban J connectivity index is 1.51. The smallest absolute Gasteiger partial charge is 0.124 e. The van der Waals surface area contributed by atoms with Crippen molar-refractivity contribution in [1.29, 1.82) is 0 Å². The van der Waals surface area contributed by atoms with E-state index in [1.807, 2.05) is 38.4 Å². The highest BCUT2D eigenvalue weighted by atomic mass is 19.1. The number of halogens is 1. The van der Waals surface area contributed by atoms with Gasteiger partial charge in [0, 0.05) is 41.3 Å². The third kappa shape index (κ3) is 2.96. The van der Waals surface area contributed by atoms with Crippen molar-refractivity contribution in [3.63, 3.8) is 0 Å². The molecule has 0 unspecified atom stereocenters. The lowest BCUT2D eigenvalue weighted by Crippen LogP contribution is -1.85. The molecule has 0 amide bonds. The molecule has 6 aromatic rings. The number of fused-ring (bicyclic) bond motifs is 2. The predicted molar refractivity (Wildman–Crippen MR) is 121 cm³/mol. The molecule has 0 aliphatic rings. The minimum atomic E-state index is -0.263. The Morgan fingerprint density at radius 1 is 0.906 bits per heavy atom. The molecular formula is C24H18FN7. The zero-order chi connectivity index (χ0) is 21.8. The zero-order valence-corrected chi connectivity index (χ0v) is 17.4. The van der Waals surface area contributed by atoms with Crippen molar-refractivity contribution in [2.75, 3.05) is 0 Å². The van der Waals surface area contributed by atoms with Crippen molar-refractivity contribution in [2.45, 2.75) is 6.92 Å². The van der Waals surface area contributed by atoms with Gasteiger partial charge in [-0.05, 0) is 42.3 Å². The third-order valence-electron chi connectivity index (χ3n) is 5.60. The second kappa shape index (κ2) is 6.84. The number of aryl methyl sites for hydroxylation is 2. The lowest BCUT2D eigenvalue weighted by molar-refractivity contribution is 0.627. The molecule has 7 nitrogen and oxygen atoms in total. The van der Waals surface area contributed by atoms with Gasteiger partial charge in [0.25, 0.3) is 0 Å². The van der Waals surface area contributed by atoms with Gasteiger partial charge in [0.05, 0.1) is 41.0 Å². The summed E-state index contributed by atoms with van der Waals surface area (Å²) in [5.74, 6) is -0.263. The predicted octanol–water partition coefficient (Wildman–Crippen LogP) is 5.02. The first-order valence-electron chi connectivity index (χ1n) is 10.1. The number of rotatable bonds is 3. The van der Waals surface area contributed by atoms with E-state index < -0.39 is 0 Å². The molecule has 0 atom stereocenters. The highest BCUT2D eigenvalue weighted by molar-refractivity contribution is 6.01. The van der Waals surface area contributed by atoms with Crippen molar-refractivity contribution in [3.05, 3.63) is 72.7 Å². The first-order chi connectivity index (χ1) is 15.5. The summed E-state index contributed by atoms with van der Waals surface area (Å²) in [5, 5.41) is 13.7. The number of benzene rings is 1. The van der Waals surface area contributed by atoms with E-state index in [4.69, 9.17) is 0 Å². The first kappa shape index (κ1) is 18.4. The van der Waals surface area contributed by atoms with Gasteiger partial charge in [-0.2, -0.15) is 10.2 Å². The fraction of sp³-hybridized carbons (Fsp3) is 0.0833. The largest absolute Gasteiger partial charge is 0.352 e. The minimum Gasteiger partial charge on any atom is -0.352 e. The molecule has 0 aliphatic carbocycles. The molecular weight excluding hydrogens is 405 g/mol. The number of H-pyrrole nitrogens is 2. The lowest BCUT2D eigenvalue weighted by atomic mass is 10.0. The van der Waals surface area contributed by atoms with Gasteiger partial charge in [0.2, 0.25) is 0 Å². The molecule has 1 aromatic carbocycles. The molecule has 156 valence electrons. The van der Waals surface area contributed by atoms with E-state index in [0.717, 1.165) is 61.1 Å². The number of hydrogen-bond acceptors (Lipinski definition) is 4. The van der Waals surface area contributed by atoms with Gasteiger partial charge in [-0.1, -0.05) is 6.07 Å². The van der Waals surface area contributed by atoms with Crippen LogP contribution < -0.4 is 0 Å². The summed E-state index contributed by atoms with van der Waals surface area (Å²) in [5.41, 5.74) is 7.60. The third-order valence-corrected chi connectivity index (χ3v) is 5.60. The number of nitrogens with one attached hydrogen (secondary N) is 2. The normalized spacial score (nSPS) is 11.6. The second-order valence-electron chi connectivity index (χ2n) is 7.94. The van der Waals surface area contributed by atoms with Crippen LogP contribution in [-0.4, -0.2) is 34.9 Å². The van der Waals surface area contributed by atoms with E-state index in [0.29, 0.717) is 0 Å². The molecule has 0 spiro atoms. The van der Waals surface area contributed by atoms with Crippen LogP contribution in [0.15, 0.2) is 61.3 Å². The van der Waals surface area contributed by atoms with Gasteiger partial charge in [0.15, 0.2) is 0 Å². The van der Waals surface area contributed by atoms with Crippen molar-refractivity contribution < 1.29 is 4.39 Å². The van der Waals surface area contributed by atoms with E-state index in [9.17, 15) is 4.39 Å². The highest BCUT2D eigenvalue weighted by Gasteiger charge is 2.16. The molecule has 32 heavy (non-hydrogen) atoms. The fourth-order valence-corrected chi connectivity index (χ4v) is 4.13. The summed E-state index contributed by atoms with van der Waals surface area (Å²) in [6, 6.07) is 9.05. The Morgan fingerprint density at radius 2 is 1.81 bits per heavy atom. The standard InChI is InChI=1S/C24H18FN7/c1-13-3-14(5-16(25)4-13)19-9-26-10-22-17(19)6-21(29-22)24-18-7-20(15-8-28-32(2)12-15)27-11-23(18)30-31-24/h3-12,29H,1-2H3,(H,30,31). The molecule has 2 N–H and O–H groups in total. The maximum atomic E-state index is 14.0. The van der Waals surface area contributed by atoms with Crippen LogP contribution in [0.2, 0.25) is 0 Å². The van der Waals surface area contributed by atoms with Crippen LogP contribution in [0.25, 0.3) is 55.6 Å². The van der Waals surface area contributed by atoms with Crippen LogP contribution >= 0.6 is 0 Å². The number of aromatic amines is 2. The van der Waals surface area contributed by atoms with Gasteiger partial charge < -0.3 is 4.98 Å². The van der Waals surface area contributed by atoms with Crippen molar-refractivity contribution >= 4 is 21.8 Å². The van der Waals surface area contributed by atoms with E-state index in [1.165, 1.54) is 12.1 Å². The molecule has 6 rings (SSSR count). The van der Waals surface area contributed by atoms with Crippen LogP contribution in [0.5, 0.6) is 0 Å². The van der Waals surface area contributed by atoms with Crippen LogP contribution in [0.3, 0.4) is 0 Å². The average Bonchev–Trinajstić information content (AvgIpc) is 3.49. The summed E-state index contributed by atoms with van der Waals surface area (Å²) >= 11 is 0. The maximum Gasteiger partial charge on any atom is 0.124 e. The van der Waals surface area contributed by atoms with Crippen LogP contribution in [0, 0.1) is 12.7 Å². The molecule has 5 heterocycles. The van der Waals surface area contributed by atoms with Gasteiger partial charge in [0.1, 0.15) is 11.5 Å². The van der Waals surface area contributed by atoms with Gasteiger partial charge in [-0.3, -0.25) is 19.7 Å². The van der Waals surface area contributed by atoms with Crippen molar-refractivity contribution in [2.24, 2.45) is 7.05 Å². The molecule has 0 radical (unpaired) electrons. The summed E-state index contributed by atoms with van der Waals surface area (Å²) in [7, 11) is 1.88. The maximum absolute atomic E-state index is 14.0. The molecule has 0 saturated heterocycles. The molecule has 0 saturated carbocycles. The van der Waals surface area contributed by atoms with Gasteiger partial charge in [-0.15, -0.1) is 0 Å². The second-order valence-corrected chi connectivity index (χ2v) is 7.94. The Labute approximate surface area is 182 Å². The number of pyridine rings is 2. The fourth-order valence-electron chi connectivity index (χ4n) is 4.13. The van der Waals surface area contributed by atoms with Gasteiger partial charge in [-0.25, -0.2) is 4.39 Å². The van der Waals surface area contributed by atoms with Gasteiger partial charge >= 0.3 is 0 Å². The van der Waals surface area contributed by atoms with Crippen LogP contribution in [0.1, 0.15) is 5.56 Å². The quantitative estimate of drug-likeness (QED) is 0.419. The molecule has 0 fully saturated rings. The summed E-state index contributed by atoms with van der Waals surface area (Å²) < 4.78 is 15.8. The zero-order valence-electron chi connectivity index (χ0n) is 17.4. The minimum absolute atomic E-state index is 0.263. The van der Waals surface area contributed by atoms with Crippen LogP contribution in [0.4, 0.5) is 4.39 Å². The van der Waals surface area contributed by atoms with E-state index >= 15 is 0 Å². The molecule has 0 aliphatic heterocycles. The molecule has 0 bridgehead atoms. The summed E-state index contributed by atoms with van der Waals surface area (Å²) in [6.45, 7) is 1.88. The Kier molecular flexibility index (Phi) is 3.94. The molecule has 5 aromatic heterocycles.